The van der Waals surface area contributed by atoms with Crippen molar-refractivity contribution >= 4 is 142 Å². The number of nitrogens with zero attached hydrogens (tertiary/aromatic N) is 5. The van der Waals surface area contributed by atoms with Crippen LogP contribution in [0.4, 0.5) is 4.79 Å². The van der Waals surface area contributed by atoms with Gasteiger partial charge in [0.15, 0.2) is 40.7 Å². The molecule has 0 unspecified atom stereocenters. The number of ketones is 7. The van der Waals surface area contributed by atoms with E-state index in [2.05, 4.69) is 77.4 Å². The van der Waals surface area contributed by atoms with Crippen LogP contribution >= 0.6 is 25.3 Å². The maximum Gasteiger partial charge on any atom is 0.312 e. The van der Waals surface area contributed by atoms with Crippen molar-refractivity contribution in [1.82, 2.24) is 56.8 Å². The highest BCUT2D eigenvalue weighted by molar-refractivity contribution is 7.80. The number of hydrogen-bond acceptors (Lipinski definition) is 24. The quantitative estimate of drug-likeness (QED) is 0.0135. The highest BCUT2D eigenvalue weighted by Gasteiger charge is 2.43. The van der Waals surface area contributed by atoms with Crippen LogP contribution in [0.5, 0.6) is 5.75 Å². The third kappa shape index (κ3) is 32.3. The number of aromatic nitrogens is 4. The van der Waals surface area contributed by atoms with E-state index in [0.29, 0.717) is 28.5 Å². The second-order valence-electron chi connectivity index (χ2n) is 30.8. The molecule has 39 heteroatoms. The Labute approximate surface area is 704 Å². The number of carboxylic acids is 2. The number of thiol groups is 2. The average Bonchev–Trinajstić information content (AvgIpc) is 1.68. The Balaban J connectivity index is 1.47. The zero-order chi connectivity index (χ0) is 88.3. The Morgan fingerprint density at radius 3 is 1.97 bits per heavy atom. The molecular formula is C81H114N16O21S2. The van der Waals surface area contributed by atoms with E-state index < -0.39 is 235 Å². The zero-order valence-electron chi connectivity index (χ0n) is 67.6. The normalized spacial score (nSPS) is 22.2. The molecule has 1 fully saturated rings. The number of hydrogen-bond donors (Lipinski definition) is 17. The van der Waals surface area contributed by atoms with E-state index in [1.165, 1.54) is 35.1 Å². The predicted octanol–water partition coefficient (Wildman–Crippen LogP) is 1.65. The number of rotatable bonds is 35. The van der Waals surface area contributed by atoms with Crippen LogP contribution in [0, 0.1) is 35.5 Å². The SMILES string of the molecule is CCCCCC(=O)CCC(=O)N[C@@H](CS)C(=O)C[C@H]1CCc2cn(nn2)CC[C@@H](C(=O)C[C@@H](Cc2ccc(O)cc2)C(=O)O)NC(=O)[C@H](CCC(N)=O)CC(=O)[C@H](Cc2c[nH]c3ccccc23)NC(=O)[C@H](CCCNC(N)=O)CC(=O)[C@H](CS)NC(=O)[C@H](CCCN=C(N)N)CC(=O)[C@@H]2CCCN2C(=O)[C@H](CC(=O)O)CC(=O)[C@H]([C@@H](C)O)NC1=O. The number of H-pyrrole nitrogens is 1. The summed E-state index contributed by atoms with van der Waals surface area (Å²) >= 11 is 8.74. The highest BCUT2D eigenvalue weighted by Crippen LogP contribution is 2.30. The zero-order valence-corrected chi connectivity index (χ0v) is 69.4. The second kappa shape index (κ2) is 49.6. The maximum atomic E-state index is 15.4. The molecule has 1 saturated heterocycles. The molecule has 2 aliphatic heterocycles. The second-order valence-corrected chi connectivity index (χ2v) is 31.6. The topological polar surface area (TPSA) is 609 Å². The number of fused-ring (bicyclic) bond motifs is 4. The molecule has 9 amide bonds. The van der Waals surface area contributed by atoms with Crippen molar-refractivity contribution in [2.45, 2.75) is 230 Å². The number of carboxylic acid groups (broad SMARTS) is 2. The van der Waals surface area contributed by atoms with Gasteiger partial charge in [-0.1, -0.05) is 55.3 Å². The van der Waals surface area contributed by atoms with Crippen LogP contribution in [0.3, 0.4) is 0 Å². The summed E-state index contributed by atoms with van der Waals surface area (Å²) in [6.07, 6.45) is -4.18. The maximum absolute atomic E-state index is 15.4. The number of phenols is 1. The number of aliphatic hydroxyl groups is 1. The molecule has 13 atom stereocenters. The number of primary amides is 2. The van der Waals surface area contributed by atoms with Gasteiger partial charge in [-0.2, -0.15) is 25.3 Å². The first-order valence-corrected chi connectivity index (χ1v) is 41.8. The van der Waals surface area contributed by atoms with E-state index >= 15 is 14.4 Å². The summed E-state index contributed by atoms with van der Waals surface area (Å²) in [6.45, 7) is 2.55. The van der Waals surface area contributed by atoms with Gasteiger partial charge in [0, 0.05) is 155 Å². The molecule has 0 radical (unpaired) electrons. The van der Waals surface area contributed by atoms with E-state index in [0.717, 1.165) is 24.7 Å². The first kappa shape index (κ1) is 97.9. The Kier molecular flexibility index (Phi) is 40.4. The summed E-state index contributed by atoms with van der Waals surface area (Å²) in [7, 11) is 0. The largest absolute Gasteiger partial charge is 0.508 e. The number of aliphatic carboxylic acids is 2. The van der Waals surface area contributed by atoms with E-state index in [1.807, 2.05) is 6.92 Å². The summed E-state index contributed by atoms with van der Waals surface area (Å²) in [5.41, 5.74) is 24.0. The number of nitrogens with one attached hydrogen (secondary N) is 7. The van der Waals surface area contributed by atoms with Crippen molar-refractivity contribution in [3.05, 3.63) is 77.7 Å². The van der Waals surface area contributed by atoms with Crippen LogP contribution in [0.2, 0.25) is 0 Å². The Bertz CT molecular complexity index is 4300. The fraction of sp³-hybridized carbons (Fsp3) is 0.580. The molecule has 120 heavy (non-hydrogen) atoms. The van der Waals surface area contributed by atoms with Gasteiger partial charge in [-0.25, -0.2) is 4.79 Å². The van der Waals surface area contributed by atoms with Gasteiger partial charge < -0.3 is 85.1 Å². The van der Waals surface area contributed by atoms with Crippen molar-refractivity contribution in [1.29, 1.82) is 0 Å². The van der Waals surface area contributed by atoms with Gasteiger partial charge in [-0.3, -0.25) is 86.4 Å². The van der Waals surface area contributed by atoms with E-state index in [1.54, 1.807) is 30.5 Å². The number of benzene rings is 2. The van der Waals surface area contributed by atoms with E-state index in [4.69, 9.17) is 22.9 Å². The number of Topliss-reactive ketones (excluding diaryl/α,β-unsaturated/α-hetero) is 7. The molecular weight excluding hydrogens is 1600 g/mol. The van der Waals surface area contributed by atoms with Gasteiger partial charge in [-0.15, -0.1) is 5.10 Å². The number of aromatic hydroxyl groups is 1. The third-order valence-electron chi connectivity index (χ3n) is 21.5. The minimum atomic E-state index is -1.89. The van der Waals surface area contributed by atoms with Crippen molar-refractivity contribution in [3.8, 4) is 5.75 Å². The third-order valence-corrected chi connectivity index (χ3v) is 22.2. The molecule has 2 aromatic carbocycles. The molecule has 4 aromatic rings. The number of aromatic amines is 1. The van der Waals surface area contributed by atoms with Crippen molar-refractivity contribution < 1.29 is 102 Å². The molecule has 4 heterocycles. The van der Waals surface area contributed by atoms with Crippen molar-refractivity contribution in [2.75, 3.05) is 31.1 Å². The van der Waals surface area contributed by atoms with Crippen LogP contribution in [-0.4, -0.2) is 225 Å². The van der Waals surface area contributed by atoms with Crippen molar-refractivity contribution in [2.24, 2.45) is 63.4 Å². The highest BCUT2D eigenvalue weighted by atomic mass is 32.1. The summed E-state index contributed by atoms with van der Waals surface area (Å²) in [5.74, 6) is -24.2. The van der Waals surface area contributed by atoms with Crippen LogP contribution in [0.15, 0.2) is 65.9 Å². The predicted molar refractivity (Wildman–Crippen MR) is 443 cm³/mol. The van der Waals surface area contributed by atoms with Gasteiger partial charge in [0.2, 0.25) is 41.4 Å². The molecule has 0 saturated carbocycles. The number of aliphatic hydroxyl groups excluding tert-OH is 1. The first-order valence-electron chi connectivity index (χ1n) is 40.5. The number of unbranched alkanes of at least 4 members (excludes halogenated alkanes) is 2. The molecule has 2 bridgehead atoms. The molecule has 6 rings (SSSR count). The standard InChI is InChI=1S/C81H114N16O21S2/c1-3-4-5-13-55(99)24-26-71(108)89-61(43-119)66(103)36-49-19-21-54-42-96(95-94-54)31-27-59(64(101)39-52(79(116)117)32-46-17-22-56(100)23-18-46)90-76(113)50(20-25-70(82)107)35-65(102)60(33-53-41-88-58-15-7-6-14-57(53)58)91-74(111)47(12-9-29-87-81(85)118)34-67(104)62(44-120)92-75(112)48(11-8-28-86-80(83)84)37-68(105)63-16-10-30-97(63)78(115)51(40-72(109)110)38-69(106)73(45(2)98)93-77(49)114/h6-7,14-15,17-18,22-23,41-42,45,47-52,59-63,73,88,98,100,119-120H,3-5,8-13,16,19-21,24-40,43-44H2,1-2H3,(H2,82,107)(H,89,108)(H,90,113)(H,91,111)(H,92,112)(H,93,114)(H,109,110)(H,116,117)(H4,83,84,86)(H3,85,87,118)/t45-,47-,48-,49-,50-,51+,52-,59+,60+,61+,62+,63+,73+/m1/s1. The van der Waals surface area contributed by atoms with Crippen molar-refractivity contribution in [3.63, 3.8) is 0 Å². The fourth-order valence-corrected chi connectivity index (χ4v) is 15.3. The number of guanidine groups is 1. The molecule has 656 valence electrons. The lowest BCUT2D eigenvalue weighted by Crippen LogP contribution is -2.52. The molecule has 19 N–H and O–H groups in total. The molecule has 2 aromatic heterocycles. The fourth-order valence-electron chi connectivity index (χ4n) is 14.7. The summed E-state index contributed by atoms with van der Waals surface area (Å²) in [4.78, 5) is 248. The van der Waals surface area contributed by atoms with Crippen LogP contribution in [-0.2, 0) is 103 Å². The van der Waals surface area contributed by atoms with Gasteiger partial charge in [0.05, 0.1) is 60.3 Å². The summed E-state index contributed by atoms with van der Waals surface area (Å²) in [5, 5.41) is 66.9. The lowest BCUT2D eigenvalue weighted by Gasteiger charge is -2.30. The lowest BCUT2D eigenvalue weighted by molar-refractivity contribution is -0.148. The van der Waals surface area contributed by atoms with E-state index in [-0.39, 0.29) is 145 Å². The number of aliphatic imine (C=N–C) groups is 1. The number of para-hydroxylation sites is 1. The minimum Gasteiger partial charge on any atom is -0.508 e. The molecule has 2 aliphatic rings. The number of amides is 9. The number of carbonyl (C=O) groups excluding carboxylic acids is 15. The smallest absolute Gasteiger partial charge is 0.312 e. The monoisotopic (exact) mass is 1710 g/mol. The number of urea groups is 1. The number of phenolic OH excluding ortho intramolecular Hbond substituents is 1. The van der Waals surface area contributed by atoms with Crippen LogP contribution in [0.25, 0.3) is 10.9 Å². The lowest BCUT2D eigenvalue weighted by atomic mass is 9.88. The van der Waals surface area contributed by atoms with Gasteiger partial charge in [-0.05, 0) is 113 Å². The Morgan fingerprint density at radius 2 is 1.32 bits per heavy atom. The summed E-state index contributed by atoms with van der Waals surface area (Å²) < 4.78 is 1.24. The number of aryl methyl sites for hydroxylation is 2. The number of carbonyl (C=O) groups is 17. The van der Waals surface area contributed by atoms with Gasteiger partial charge in [0.1, 0.15) is 17.6 Å². The van der Waals surface area contributed by atoms with Crippen LogP contribution in [0.1, 0.15) is 178 Å². The molecule has 0 aliphatic carbocycles. The van der Waals surface area contributed by atoms with Gasteiger partial charge in [0.25, 0.3) is 0 Å². The first-order chi connectivity index (χ1) is 57.1. The summed E-state index contributed by atoms with van der Waals surface area (Å²) in [6, 6.07) is 2.46. The Morgan fingerprint density at radius 1 is 0.683 bits per heavy atom. The van der Waals surface area contributed by atoms with E-state index in [9.17, 15) is 87.5 Å². The molecule has 37 nitrogen and oxygen atoms in total. The molecule has 0 spiro atoms. The number of nitrogens with two attached hydrogens (primary N) is 4. The Hall–Kier alpha value is -11.0. The van der Waals surface area contributed by atoms with Gasteiger partial charge >= 0.3 is 18.0 Å². The average molecular weight is 1710 g/mol. The van der Waals surface area contributed by atoms with Crippen LogP contribution < -0.4 is 54.8 Å². The minimum absolute atomic E-state index is 0.0108.